The second-order valence-electron chi connectivity index (χ2n) is 2.42. The Balaban J connectivity index is 0. The number of thioether (sulfide) groups is 1. The molecule has 0 saturated heterocycles. The van der Waals surface area contributed by atoms with E-state index in [2.05, 4.69) is 0 Å². The molecule has 1 aromatic heterocycles. The number of hydrogen-bond acceptors (Lipinski definition) is 4. The smallest absolute Gasteiger partial charge is 0.346 e. The molecular formula is C9H11NO3SY-2. The van der Waals surface area contributed by atoms with Crippen LogP contribution in [0, 0.1) is 14.4 Å². The maximum absolute atomic E-state index is 11.1. The van der Waals surface area contributed by atoms with Crippen LogP contribution in [0.2, 0.25) is 0 Å². The van der Waals surface area contributed by atoms with Gasteiger partial charge in [0.1, 0.15) is 5.76 Å². The largest absolute Gasteiger partial charge is 0.663 e. The van der Waals surface area contributed by atoms with E-state index in [9.17, 15) is 9.59 Å². The van der Waals surface area contributed by atoms with Crippen LogP contribution in [0.3, 0.4) is 0 Å². The minimum Gasteiger partial charge on any atom is -0.663 e. The van der Waals surface area contributed by atoms with Crippen LogP contribution >= 0.6 is 11.8 Å². The molecule has 1 aromatic rings. The molecule has 0 aliphatic carbocycles. The minimum atomic E-state index is -1.00. The number of nitrogens with one attached hydrogen (secondary N) is 1. The molecule has 81 valence electrons. The standard InChI is InChI=1S/C8H9NO3S.CH3.Y/c1-4-3-5(13-2)6(7(9)10)8(11)12-4;;/h3H,1-2H3,(H2,9,10);1H3;/q;-1;/p-1. The Morgan fingerprint density at radius 2 is 2.07 bits per heavy atom. The summed E-state index contributed by atoms with van der Waals surface area (Å²) in [7, 11) is 0. The summed E-state index contributed by atoms with van der Waals surface area (Å²) in [6.45, 7) is 1.62. The Morgan fingerprint density at radius 1 is 1.53 bits per heavy atom. The molecule has 6 heteroatoms. The predicted molar refractivity (Wildman–Crippen MR) is 56.6 cm³/mol. The number of carbonyl (C=O) groups excluding carboxylic acids is 1. The average Bonchev–Trinajstić information content (AvgIpc) is 2.01. The van der Waals surface area contributed by atoms with E-state index in [0.29, 0.717) is 10.7 Å². The van der Waals surface area contributed by atoms with Crippen molar-refractivity contribution in [3.63, 3.8) is 0 Å². The van der Waals surface area contributed by atoms with Gasteiger partial charge in [0, 0.05) is 37.6 Å². The van der Waals surface area contributed by atoms with Crippen molar-refractivity contribution in [1.82, 2.24) is 0 Å². The molecule has 1 heterocycles. The van der Waals surface area contributed by atoms with Crippen molar-refractivity contribution >= 4 is 17.7 Å². The first kappa shape index (κ1) is 17.3. The quantitative estimate of drug-likeness (QED) is 0.621. The number of amides is 1. The maximum Gasteiger partial charge on any atom is 0.346 e. The third-order valence-electron chi connectivity index (χ3n) is 1.49. The van der Waals surface area contributed by atoms with Crippen molar-refractivity contribution in [2.75, 3.05) is 6.26 Å². The van der Waals surface area contributed by atoms with E-state index in [1.54, 1.807) is 19.2 Å². The summed E-state index contributed by atoms with van der Waals surface area (Å²) >= 11 is 1.25. The molecule has 4 nitrogen and oxygen atoms in total. The zero-order chi connectivity index (χ0) is 10.0. The summed E-state index contributed by atoms with van der Waals surface area (Å²) in [6, 6.07) is 1.58. The number of aryl methyl sites for hydroxylation is 1. The normalized spacial score (nSPS) is 8.67. The third-order valence-corrected chi connectivity index (χ3v) is 2.25. The molecule has 0 aliphatic heterocycles. The molecule has 0 spiro atoms. The fourth-order valence-corrected chi connectivity index (χ4v) is 1.61. The van der Waals surface area contributed by atoms with E-state index >= 15 is 0 Å². The van der Waals surface area contributed by atoms with E-state index in [1.807, 2.05) is 0 Å². The number of hydrogen-bond donors (Lipinski definition) is 0. The van der Waals surface area contributed by atoms with Gasteiger partial charge in [-0.1, -0.05) is 0 Å². The number of rotatable bonds is 2. The van der Waals surface area contributed by atoms with Crippen LogP contribution in [0.4, 0.5) is 0 Å². The maximum atomic E-state index is 11.1. The van der Waals surface area contributed by atoms with Crippen LogP contribution in [-0.4, -0.2) is 12.2 Å². The first-order valence-corrected chi connectivity index (χ1v) is 4.73. The van der Waals surface area contributed by atoms with Crippen molar-refractivity contribution in [1.29, 1.82) is 0 Å². The van der Waals surface area contributed by atoms with Crippen LogP contribution in [0.25, 0.3) is 5.73 Å². The van der Waals surface area contributed by atoms with Crippen molar-refractivity contribution < 1.29 is 41.9 Å². The van der Waals surface area contributed by atoms with Gasteiger partial charge in [-0.05, 0) is 19.2 Å². The molecule has 0 fully saturated rings. The van der Waals surface area contributed by atoms with Crippen molar-refractivity contribution in [3.8, 4) is 0 Å². The minimum absolute atomic E-state index is 0. The van der Waals surface area contributed by atoms with Gasteiger partial charge in [-0.2, -0.15) is 0 Å². The fraction of sp³-hybridized carbons (Fsp3) is 0.222. The Hall–Kier alpha value is -0.126. The zero-order valence-electron chi connectivity index (χ0n) is 8.79. The summed E-state index contributed by atoms with van der Waals surface area (Å²) in [5.41, 5.74) is 5.95. The molecular weight excluding hydrogens is 291 g/mol. The molecule has 0 bridgehead atoms. The summed E-state index contributed by atoms with van der Waals surface area (Å²) in [4.78, 5) is 22.4. The van der Waals surface area contributed by atoms with E-state index in [4.69, 9.17) is 10.2 Å². The second-order valence-corrected chi connectivity index (χ2v) is 3.27. The monoisotopic (exact) mass is 302 g/mol. The first-order valence-electron chi connectivity index (χ1n) is 3.51. The molecule has 0 saturated carbocycles. The Bertz CT molecular complexity index is 403. The van der Waals surface area contributed by atoms with Crippen molar-refractivity contribution in [3.05, 3.63) is 41.0 Å². The molecule has 0 atom stereocenters. The Labute approximate surface area is 118 Å². The molecule has 0 aliphatic rings. The SMILES string of the molecule is CSc1cc(C)oc(=O)c1C([NH-])=O.[CH3-].[Y]. The van der Waals surface area contributed by atoms with Gasteiger partial charge in [0.2, 0.25) is 0 Å². The predicted octanol–water partition coefficient (Wildman–Crippen LogP) is 2.31. The molecule has 1 radical (unpaired) electrons. The zero-order valence-corrected chi connectivity index (χ0v) is 12.4. The Morgan fingerprint density at radius 3 is 2.47 bits per heavy atom. The summed E-state index contributed by atoms with van der Waals surface area (Å²) in [5, 5.41) is 0. The summed E-state index contributed by atoms with van der Waals surface area (Å²) in [6.07, 6.45) is 1.74. The van der Waals surface area contributed by atoms with Crippen LogP contribution in [-0.2, 0) is 32.7 Å². The van der Waals surface area contributed by atoms with E-state index < -0.39 is 11.5 Å². The first-order chi connectivity index (χ1) is 6.06. The average molecular weight is 302 g/mol. The van der Waals surface area contributed by atoms with Crippen molar-refractivity contribution in [2.24, 2.45) is 0 Å². The second kappa shape index (κ2) is 7.20. The topological polar surface area (TPSA) is 71.1 Å². The van der Waals surface area contributed by atoms with Gasteiger partial charge in [0.05, 0.1) is 11.5 Å². The van der Waals surface area contributed by atoms with E-state index in [-0.39, 0.29) is 45.7 Å². The molecule has 1 amide bonds. The molecule has 0 unspecified atom stereocenters. The van der Waals surface area contributed by atoms with Gasteiger partial charge in [-0.15, -0.1) is 11.8 Å². The van der Waals surface area contributed by atoms with Crippen molar-refractivity contribution in [2.45, 2.75) is 11.8 Å². The summed E-state index contributed by atoms with van der Waals surface area (Å²) in [5.74, 6) is -0.558. The van der Waals surface area contributed by atoms with Gasteiger partial charge >= 0.3 is 5.63 Å². The van der Waals surface area contributed by atoms with E-state index in [1.165, 1.54) is 11.8 Å². The van der Waals surface area contributed by atoms with Gasteiger partial charge in [-0.3, -0.25) is 0 Å². The van der Waals surface area contributed by atoms with Gasteiger partial charge in [0.25, 0.3) is 0 Å². The fourth-order valence-electron chi connectivity index (χ4n) is 0.950. The van der Waals surface area contributed by atoms with Crippen LogP contribution in [0.1, 0.15) is 16.1 Å². The Kier molecular flexibility index (Phi) is 8.29. The van der Waals surface area contributed by atoms with Gasteiger partial charge < -0.3 is 22.4 Å². The third kappa shape index (κ3) is 4.09. The van der Waals surface area contributed by atoms with Gasteiger partial charge in [0.15, 0.2) is 0 Å². The summed E-state index contributed by atoms with van der Waals surface area (Å²) < 4.78 is 4.70. The van der Waals surface area contributed by atoms with Crippen LogP contribution in [0.15, 0.2) is 20.2 Å². The molecule has 15 heavy (non-hydrogen) atoms. The molecule has 1 N–H and O–H groups in total. The van der Waals surface area contributed by atoms with Crippen LogP contribution < -0.4 is 5.63 Å². The van der Waals surface area contributed by atoms with Crippen LogP contribution in [0.5, 0.6) is 0 Å². The molecule has 1 rings (SSSR count). The molecule has 0 aromatic carbocycles. The van der Waals surface area contributed by atoms with Gasteiger partial charge in [-0.25, -0.2) is 4.79 Å². The number of carbonyl (C=O) groups is 1. The van der Waals surface area contributed by atoms with E-state index in [0.717, 1.165) is 0 Å².